The SMILES string of the molecule is C[C@H]1COCCN1c1nc(N2CCOC[C@@H]2C)c2ccc(-c3ccc(OCCCCCCC(=O)NO)c(CO)c3)nc2n1. The molecule has 43 heavy (non-hydrogen) atoms. The van der Waals surface area contributed by atoms with Gasteiger partial charge in [-0.2, -0.15) is 9.97 Å². The Morgan fingerprint density at radius 1 is 0.977 bits per heavy atom. The number of aromatic nitrogens is 3. The van der Waals surface area contributed by atoms with E-state index >= 15 is 0 Å². The molecule has 2 aliphatic heterocycles. The number of hydroxylamine groups is 1. The number of hydrogen-bond acceptors (Lipinski definition) is 11. The highest BCUT2D eigenvalue weighted by Crippen LogP contribution is 2.32. The summed E-state index contributed by atoms with van der Waals surface area (Å²) in [5.41, 5.74) is 4.57. The number of rotatable bonds is 12. The quantitative estimate of drug-likeness (QED) is 0.161. The van der Waals surface area contributed by atoms with Crippen LogP contribution in [0.15, 0.2) is 30.3 Å². The largest absolute Gasteiger partial charge is 0.493 e. The number of aliphatic hydroxyl groups excluding tert-OH is 1. The number of anilines is 2. The molecule has 0 unspecified atom stereocenters. The first-order valence-corrected chi connectivity index (χ1v) is 15.2. The zero-order chi connectivity index (χ0) is 30.2. The first-order chi connectivity index (χ1) is 21.0. The second-order valence-corrected chi connectivity index (χ2v) is 11.2. The van der Waals surface area contributed by atoms with Crippen LogP contribution in [0.5, 0.6) is 5.75 Å². The van der Waals surface area contributed by atoms with Crippen LogP contribution in [-0.2, 0) is 20.9 Å². The number of nitrogens with zero attached hydrogens (tertiary/aromatic N) is 5. The molecule has 1 aromatic carbocycles. The van der Waals surface area contributed by atoms with Crippen LogP contribution in [0.4, 0.5) is 11.8 Å². The van der Waals surface area contributed by atoms with E-state index in [1.807, 2.05) is 30.3 Å². The molecule has 12 nitrogen and oxygen atoms in total. The van der Waals surface area contributed by atoms with E-state index in [0.717, 1.165) is 48.3 Å². The first kappa shape index (κ1) is 30.9. The van der Waals surface area contributed by atoms with E-state index in [0.29, 0.717) is 75.3 Å². The van der Waals surface area contributed by atoms with Crippen LogP contribution in [0, 0.1) is 0 Å². The molecule has 3 aromatic rings. The van der Waals surface area contributed by atoms with Crippen molar-refractivity contribution in [1.29, 1.82) is 0 Å². The van der Waals surface area contributed by atoms with Crippen LogP contribution in [0.2, 0.25) is 0 Å². The highest BCUT2D eigenvalue weighted by atomic mass is 16.5. The zero-order valence-corrected chi connectivity index (χ0v) is 25.0. The lowest BCUT2D eigenvalue weighted by atomic mass is 10.1. The Morgan fingerprint density at radius 3 is 2.44 bits per heavy atom. The molecule has 4 heterocycles. The molecule has 2 aromatic heterocycles. The summed E-state index contributed by atoms with van der Waals surface area (Å²) < 4.78 is 17.3. The predicted molar refractivity (Wildman–Crippen MR) is 162 cm³/mol. The number of hydrogen-bond donors (Lipinski definition) is 3. The third kappa shape index (κ3) is 7.50. The topological polar surface area (TPSA) is 142 Å². The highest BCUT2D eigenvalue weighted by Gasteiger charge is 2.27. The van der Waals surface area contributed by atoms with Crippen LogP contribution in [0.3, 0.4) is 0 Å². The van der Waals surface area contributed by atoms with Crippen LogP contribution in [-0.4, -0.2) is 89.4 Å². The Balaban J connectivity index is 1.36. The predicted octanol–water partition coefficient (Wildman–Crippen LogP) is 3.47. The number of ether oxygens (including phenoxy) is 3. The molecule has 0 radical (unpaired) electrons. The van der Waals surface area contributed by atoms with Crippen molar-refractivity contribution < 1.29 is 29.3 Å². The maximum atomic E-state index is 11.1. The fraction of sp³-hybridized carbons (Fsp3) is 0.548. The lowest BCUT2D eigenvalue weighted by molar-refractivity contribution is -0.129. The van der Waals surface area contributed by atoms with Crippen molar-refractivity contribution >= 4 is 28.7 Å². The number of nitrogens with one attached hydrogen (secondary N) is 1. The van der Waals surface area contributed by atoms with Gasteiger partial charge in [-0.1, -0.05) is 12.8 Å². The summed E-state index contributed by atoms with van der Waals surface area (Å²) in [5.74, 6) is 1.79. The highest BCUT2D eigenvalue weighted by molar-refractivity contribution is 5.90. The molecule has 0 bridgehead atoms. The van der Waals surface area contributed by atoms with Crippen molar-refractivity contribution in [3.63, 3.8) is 0 Å². The van der Waals surface area contributed by atoms with Crippen molar-refractivity contribution in [1.82, 2.24) is 20.4 Å². The van der Waals surface area contributed by atoms with E-state index in [4.69, 9.17) is 34.4 Å². The first-order valence-electron chi connectivity index (χ1n) is 15.2. The molecule has 2 atom stereocenters. The van der Waals surface area contributed by atoms with E-state index < -0.39 is 0 Å². The lowest BCUT2D eigenvalue weighted by Gasteiger charge is -2.37. The van der Waals surface area contributed by atoms with Crippen molar-refractivity contribution in [2.24, 2.45) is 0 Å². The number of benzene rings is 1. The maximum Gasteiger partial charge on any atom is 0.243 e. The molecular weight excluding hydrogens is 552 g/mol. The normalized spacial score (nSPS) is 19.1. The average Bonchev–Trinajstić information content (AvgIpc) is 3.04. The minimum atomic E-state index is -0.364. The van der Waals surface area contributed by atoms with Gasteiger partial charge in [0.05, 0.1) is 62.8 Å². The number of amides is 1. The third-order valence-electron chi connectivity index (χ3n) is 8.00. The van der Waals surface area contributed by atoms with Crippen LogP contribution >= 0.6 is 0 Å². The number of fused-ring (bicyclic) bond motifs is 1. The molecule has 0 saturated carbocycles. The van der Waals surface area contributed by atoms with Crippen LogP contribution in [0.1, 0.15) is 51.5 Å². The third-order valence-corrected chi connectivity index (χ3v) is 8.00. The number of unbranched alkanes of at least 4 members (excludes halogenated alkanes) is 3. The molecule has 2 fully saturated rings. The fourth-order valence-electron chi connectivity index (χ4n) is 5.54. The number of aliphatic hydroxyl groups is 1. The van der Waals surface area contributed by atoms with Crippen molar-refractivity contribution in [3.8, 4) is 17.0 Å². The lowest BCUT2D eigenvalue weighted by Crippen LogP contribution is -2.46. The molecule has 232 valence electrons. The van der Waals surface area contributed by atoms with Crippen molar-refractivity contribution in [3.05, 3.63) is 35.9 Å². The van der Waals surface area contributed by atoms with E-state index in [9.17, 15) is 9.90 Å². The van der Waals surface area contributed by atoms with Gasteiger partial charge in [0, 0.05) is 30.6 Å². The zero-order valence-electron chi connectivity index (χ0n) is 25.0. The number of pyridine rings is 1. The van der Waals surface area contributed by atoms with Crippen LogP contribution < -0.4 is 20.0 Å². The van der Waals surface area contributed by atoms with Crippen molar-refractivity contribution in [2.75, 3.05) is 55.9 Å². The number of carbonyl (C=O) groups is 1. The van der Waals surface area contributed by atoms with Gasteiger partial charge in [0.25, 0.3) is 0 Å². The van der Waals surface area contributed by atoms with E-state index in [2.05, 4.69) is 23.6 Å². The summed E-state index contributed by atoms with van der Waals surface area (Å²) >= 11 is 0. The van der Waals surface area contributed by atoms with E-state index in [1.54, 1.807) is 5.48 Å². The monoisotopic (exact) mass is 594 g/mol. The Morgan fingerprint density at radius 2 is 1.72 bits per heavy atom. The van der Waals surface area contributed by atoms with Gasteiger partial charge >= 0.3 is 0 Å². The summed E-state index contributed by atoms with van der Waals surface area (Å²) in [7, 11) is 0. The van der Waals surface area contributed by atoms with Gasteiger partial charge in [-0.3, -0.25) is 10.0 Å². The van der Waals surface area contributed by atoms with Gasteiger partial charge in [-0.25, -0.2) is 10.5 Å². The Bertz CT molecular complexity index is 1390. The standard InChI is InChI=1S/C31H42N6O6/c1-21-19-41-15-12-36(21)30-25-9-10-26(32-29(25)33-31(34-30)37-13-16-42-20-22(37)2)23-8-11-27(24(17-23)18-38)43-14-6-4-3-5-7-28(39)35-40/h8-11,17,21-22,38,40H,3-7,12-16,18-20H2,1-2H3,(H,35,39)/t21-,22-/m0/s1. The van der Waals surface area contributed by atoms with Gasteiger partial charge in [0.15, 0.2) is 5.65 Å². The summed E-state index contributed by atoms with van der Waals surface area (Å²) in [6.45, 7) is 8.61. The molecule has 0 spiro atoms. The molecule has 0 aliphatic carbocycles. The van der Waals surface area contributed by atoms with Gasteiger partial charge in [0.1, 0.15) is 11.6 Å². The average molecular weight is 595 g/mol. The molecule has 3 N–H and O–H groups in total. The Labute approximate surface area is 252 Å². The summed E-state index contributed by atoms with van der Waals surface area (Å²) in [5, 5.41) is 19.6. The molecule has 12 heteroatoms. The van der Waals surface area contributed by atoms with E-state index in [1.165, 1.54) is 0 Å². The Kier molecular flexibility index (Phi) is 10.6. The Hall–Kier alpha value is -3.58. The minimum absolute atomic E-state index is 0.150. The second-order valence-electron chi connectivity index (χ2n) is 11.2. The summed E-state index contributed by atoms with van der Waals surface area (Å²) in [4.78, 5) is 30.6. The van der Waals surface area contributed by atoms with Crippen LogP contribution in [0.25, 0.3) is 22.3 Å². The molecule has 5 rings (SSSR count). The van der Waals surface area contributed by atoms with E-state index in [-0.39, 0.29) is 24.6 Å². The molecule has 2 saturated heterocycles. The fourth-order valence-corrected chi connectivity index (χ4v) is 5.54. The smallest absolute Gasteiger partial charge is 0.243 e. The molecular formula is C31H42N6O6. The van der Waals surface area contributed by atoms with Gasteiger partial charge in [-0.15, -0.1) is 0 Å². The molecule has 1 amide bonds. The minimum Gasteiger partial charge on any atom is -0.493 e. The summed E-state index contributed by atoms with van der Waals surface area (Å²) in [6.07, 6.45) is 3.63. The molecule has 2 aliphatic rings. The summed E-state index contributed by atoms with van der Waals surface area (Å²) in [6, 6.07) is 10.1. The maximum absolute atomic E-state index is 11.1. The van der Waals surface area contributed by atoms with Gasteiger partial charge in [0.2, 0.25) is 11.9 Å². The van der Waals surface area contributed by atoms with Gasteiger partial charge in [-0.05, 0) is 57.0 Å². The number of carbonyl (C=O) groups excluding carboxylic acids is 1. The van der Waals surface area contributed by atoms with Crippen molar-refractivity contribution in [2.45, 2.75) is 64.6 Å². The second kappa shape index (κ2) is 14.7. The van der Waals surface area contributed by atoms with Gasteiger partial charge < -0.3 is 29.1 Å². The number of morpholine rings is 2.